The van der Waals surface area contributed by atoms with Gasteiger partial charge >= 0.3 is 0 Å². The van der Waals surface area contributed by atoms with Crippen molar-refractivity contribution in [1.82, 2.24) is 9.88 Å². The summed E-state index contributed by atoms with van der Waals surface area (Å²) in [5.74, 6) is -0.161. The van der Waals surface area contributed by atoms with E-state index < -0.39 is 6.10 Å². The van der Waals surface area contributed by atoms with Gasteiger partial charge in [0.05, 0.1) is 17.9 Å². The highest BCUT2D eigenvalue weighted by atomic mass is 16.3. The van der Waals surface area contributed by atoms with Gasteiger partial charge in [-0.15, -0.1) is 0 Å². The maximum absolute atomic E-state index is 12.1. The van der Waals surface area contributed by atoms with Crippen LogP contribution in [0, 0.1) is 5.92 Å². The third-order valence-corrected chi connectivity index (χ3v) is 3.24. The van der Waals surface area contributed by atoms with E-state index in [9.17, 15) is 15.0 Å². The van der Waals surface area contributed by atoms with Gasteiger partial charge in [-0.25, -0.2) is 0 Å². The molecule has 1 fully saturated rings. The Morgan fingerprint density at radius 1 is 1.59 bits per heavy atom. The first kappa shape index (κ1) is 11.9. The predicted molar refractivity (Wildman–Crippen MR) is 61.6 cm³/mol. The lowest BCUT2D eigenvalue weighted by Gasteiger charge is -2.34. The fourth-order valence-corrected chi connectivity index (χ4v) is 1.97. The van der Waals surface area contributed by atoms with E-state index in [0.717, 1.165) is 6.42 Å². The fourth-order valence-electron chi connectivity index (χ4n) is 1.97. The van der Waals surface area contributed by atoms with Crippen molar-refractivity contribution >= 4 is 5.91 Å². The maximum Gasteiger partial charge on any atom is 0.257 e. The molecule has 0 spiro atoms. The van der Waals surface area contributed by atoms with Gasteiger partial charge in [-0.1, -0.05) is 6.92 Å². The smallest absolute Gasteiger partial charge is 0.257 e. The monoisotopic (exact) mass is 236 g/mol. The van der Waals surface area contributed by atoms with Crippen molar-refractivity contribution in [3.8, 4) is 5.75 Å². The summed E-state index contributed by atoms with van der Waals surface area (Å²) in [6, 6.07) is 1.49. The minimum atomic E-state index is -0.489. The average molecular weight is 236 g/mol. The number of hydrogen-bond acceptors (Lipinski definition) is 4. The van der Waals surface area contributed by atoms with E-state index in [1.165, 1.54) is 18.5 Å². The van der Waals surface area contributed by atoms with Crippen molar-refractivity contribution < 1.29 is 15.0 Å². The Morgan fingerprint density at radius 3 is 3.00 bits per heavy atom. The number of aromatic nitrogens is 1. The van der Waals surface area contributed by atoms with E-state index in [1.807, 2.05) is 6.92 Å². The molecule has 0 aliphatic carbocycles. The van der Waals surface area contributed by atoms with Gasteiger partial charge in [0.15, 0.2) is 0 Å². The van der Waals surface area contributed by atoms with E-state index in [1.54, 1.807) is 4.90 Å². The quantitative estimate of drug-likeness (QED) is 0.750. The first-order chi connectivity index (χ1) is 8.09. The van der Waals surface area contributed by atoms with E-state index >= 15 is 0 Å². The summed E-state index contributed by atoms with van der Waals surface area (Å²) in [5.41, 5.74) is 0.238. The van der Waals surface area contributed by atoms with Gasteiger partial charge in [0, 0.05) is 19.3 Å². The maximum atomic E-state index is 12.1. The number of piperidine rings is 1. The molecule has 1 aliphatic rings. The summed E-state index contributed by atoms with van der Waals surface area (Å²) >= 11 is 0. The molecule has 1 aromatic heterocycles. The van der Waals surface area contributed by atoms with Crippen LogP contribution in [0.5, 0.6) is 5.75 Å². The zero-order valence-electron chi connectivity index (χ0n) is 9.71. The van der Waals surface area contributed by atoms with Gasteiger partial charge < -0.3 is 15.1 Å². The van der Waals surface area contributed by atoms with Gasteiger partial charge in [-0.2, -0.15) is 0 Å². The Bertz CT molecular complexity index is 422. The van der Waals surface area contributed by atoms with Crippen molar-refractivity contribution in [2.45, 2.75) is 19.4 Å². The van der Waals surface area contributed by atoms with Crippen LogP contribution in [0.3, 0.4) is 0 Å². The number of nitrogens with zero attached hydrogens (tertiary/aromatic N) is 2. The van der Waals surface area contributed by atoms with Crippen LogP contribution in [0.15, 0.2) is 18.5 Å². The molecular weight excluding hydrogens is 220 g/mol. The average Bonchev–Trinajstić information content (AvgIpc) is 2.32. The first-order valence-corrected chi connectivity index (χ1v) is 5.70. The number of rotatable bonds is 1. The number of aliphatic hydroxyl groups is 1. The molecule has 5 nitrogen and oxygen atoms in total. The van der Waals surface area contributed by atoms with Crippen molar-refractivity contribution in [2.75, 3.05) is 13.1 Å². The molecule has 0 saturated carbocycles. The predicted octanol–water partition coefficient (Wildman–Crippen LogP) is 0.630. The molecule has 17 heavy (non-hydrogen) atoms. The van der Waals surface area contributed by atoms with Crippen LogP contribution in [0.4, 0.5) is 0 Å². The molecule has 0 bridgehead atoms. The highest BCUT2D eigenvalue weighted by molar-refractivity contribution is 5.96. The first-order valence-electron chi connectivity index (χ1n) is 5.70. The Hall–Kier alpha value is -1.62. The summed E-state index contributed by atoms with van der Waals surface area (Å²) < 4.78 is 0. The third kappa shape index (κ3) is 2.39. The van der Waals surface area contributed by atoms with Gasteiger partial charge in [-0.05, 0) is 18.4 Å². The number of aliphatic hydroxyl groups excluding tert-OH is 1. The van der Waals surface area contributed by atoms with Crippen LogP contribution in [0.25, 0.3) is 0 Å². The van der Waals surface area contributed by atoms with E-state index in [0.29, 0.717) is 13.1 Å². The van der Waals surface area contributed by atoms with E-state index in [2.05, 4.69) is 4.98 Å². The van der Waals surface area contributed by atoms with Crippen LogP contribution in [-0.2, 0) is 0 Å². The Morgan fingerprint density at radius 2 is 2.35 bits per heavy atom. The van der Waals surface area contributed by atoms with E-state index in [-0.39, 0.29) is 23.1 Å². The van der Waals surface area contributed by atoms with Crippen LogP contribution < -0.4 is 0 Å². The van der Waals surface area contributed by atoms with Crippen molar-refractivity contribution in [3.05, 3.63) is 24.0 Å². The van der Waals surface area contributed by atoms with Crippen LogP contribution in [0.2, 0.25) is 0 Å². The lowest BCUT2D eigenvalue weighted by atomic mass is 9.95. The summed E-state index contributed by atoms with van der Waals surface area (Å²) in [4.78, 5) is 17.4. The highest BCUT2D eigenvalue weighted by Gasteiger charge is 2.28. The second-order valence-corrected chi connectivity index (χ2v) is 4.48. The summed E-state index contributed by atoms with van der Waals surface area (Å²) in [5, 5.41) is 19.3. The number of carbonyl (C=O) groups excluding carboxylic acids is 1. The van der Waals surface area contributed by atoms with Gasteiger partial charge in [0.2, 0.25) is 0 Å². The van der Waals surface area contributed by atoms with Gasteiger partial charge in [0.1, 0.15) is 5.75 Å². The standard InChI is InChI=1S/C12H16N2O3/c1-8-3-5-14(7-11(8)16)12(17)9-2-4-13-6-10(9)15/h2,4,6,8,11,15-16H,3,5,7H2,1H3. The molecule has 1 amide bonds. The summed E-state index contributed by atoms with van der Waals surface area (Å²) in [6.45, 7) is 2.90. The lowest BCUT2D eigenvalue weighted by molar-refractivity contribution is 0.0247. The molecule has 92 valence electrons. The molecule has 2 heterocycles. The lowest BCUT2D eigenvalue weighted by Crippen LogP contribution is -2.45. The number of aromatic hydroxyl groups is 1. The Labute approximate surface area is 99.7 Å². The number of likely N-dealkylation sites (tertiary alicyclic amines) is 1. The second kappa shape index (κ2) is 4.71. The molecule has 0 radical (unpaired) electrons. The zero-order chi connectivity index (χ0) is 12.4. The molecule has 2 atom stereocenters. The molecule has 1 saturated heterocycles. The van der Waals surface area contributed by atoms with Crippen molar-refractivity contribution in [2.24, 2.45) is 5.92 Å². The van der Waals surface area contributed by atoms with Gasteiger partial charge in [0.25, 0.3) is 5.91 Å². The van der Waals surface area contributed by atoms with Crippen LogP contribution in [0.1, 0.15) is 23.7 Å². The van der Waals surface area contributed by atoms with Gasteiger partial charge in [-0.3, -0.25) is 9.78 Å². The number of carbonyl (C=O) groups is 1. The number of amides is 1. The molecule has 5 heteroatoms. The van der Waals surface area contributed by atoms with Crippen molar-refractivity contribution in [3.63, 3.8) is 0 Å². The summed E-state index contributed by atoms with van der Waals surface area (Å²) in [7, 11) is 0. The molecule has 2 N–H and O–H groups in total. The Balaban J connectivity index is 2.14. The van der Waals surface area contributed by atoms with Crippen molar-refractivity contribution in [1.29, 1.82) is 0 Å². The summed E-state index contributed by atoms with van der Waals surface area (Å²) in [6.07, 6.45) is 3.00. The topological polar surface area (TPSA) is 73.7 Å². The van der Waals surface area contributed by atoms with E-state index in [4.69, 9.17) is 0 Å². The number of pyridine rings is 1. The Kier molecular flexibility index (Phi) is 3.28. The van der Waals surface area contributed by atoms with Crippen LogP contribution >= 0.6 is 0 Å². The molecule has 1 aromatic rings. The third-order valence-electron chi connectivity index (χ3n) is 3.24. The normalized spacial score (nSPS) is 24.7. The molecule has 1 aliphatic heterocycles. The minimum absolute atomic E-state index is 0.120. The second-order valence-electron chi connectivity index (χ2n) is 4.48. The zero-order valence-corrected chi connectivity index (χ0v) is 9.71. The number of hydrogen-bond donors (Lipinski definition) is 2. The molecule has 2 rings (SSSR count). The fraction of sp³-hybridized carbons (Fsp3) is 0.500. The SMILES string of the molecule is CC1CCN(C(=O)c2ccncc2O)CC1O. The molecule has 0 aromatic carbocycles. The molecular formula is C12H16N2O3. The highest BCUT2D eigenvalue weighted by Crippen LogP contribution is 2.22. The molecule has 2 unspecified atom stereocenters. The number of β-amino-alcohol motifs (C(OH)–C–C–N with tert-alkyl or cyclic N) is 1. The largest absolute Gasteiger partial charge is 0.505 e. The minimum Gasteiger partial charge on any atom is -0.505 e. The van der Waals surface area contributed by atoms with Crippen LogP contribution in [-0.4, -0.2) is 45.2 Å².